The summed E-state index contributed by atoms with van der Waals surface area (Å²) in [5, 5.41) is 0.605. The molecule has 94 valence electrons. The van der Waals surface area contributed by atoms with Gasteiger partial charge in [-0.15, -0.1) is 0 Å². The molecule has 0 unspecified atom stereocenters. The van der Waals surface area contributed by atoms with Crippen LogP contribution in [-0.4, -0.2) is 5.78 Å². The Labute approximate surface area is 117 Å². The van der Waals surface area contributed by atoms with Gasteiger partial charge in [0.15, 0.2) is 5.78 Å². The fraction of sp³-hybridized carbons (Fsp3) is 0.500. The van der Waals surface area contributed by atoms with Crippen LogP contribution in [0.1, 0.15) is 55.8 Å². The van der Waals surface area contributed by atoms with Gasteiger partial charge in [-0.3, -0.25) is 4.79 Å². The summed E-state index contributed by atoms with van der Waals surface area (Å²) in [7, 11) is 0. The van der Waals surface area contributed by atoms with Crippen molar-refractivity contribution >= 4 is 33.3 Å². The molecule has 0 radical (unpaired) electrons. The van der Waals surface area contributed by atoms with E-state index < -0.39 is 0 Å². The largest absolute Gasteiger partial charge is 0.294 e. The smallest absolute Gasteiger partial charge is 0.162 e. The maximum atomic E-state index is 11.9. The number of hydrogen-bond acceptors (Lipinski definition) is 1. The zero-order valence-corrected chi connectivity index (χ0v) is 12.5. The van der Waals surface area contributed by atoms with E-state index in [0.717, 1.165) is 17.3 Å². The van der Waals surface area contributed by atoms with Crippen molar-refractivity contribution < 1.29 is 4.79 Å². The molecule has 17 heavy (non-hydrogen) atoms. The van der Waals surface area contributed by atoms with Crippen LogP contribution in [0, 0.1) is 0 Å². The Kier molecular flexibility index (Phi) is 6.83. The summed E-state index contributed by atoms with van der Waals surface area (Å²) < 4.78 is 0.860. The third-order valence-corrected chi connectivity index (χ3v) is 3.37. The van der Waals surface area contributed by atoms with Crippen LogP contribution in [0.2, 0.25) is 5.02 Å². The molecule has 0 saturated heterocycles. The summed E-state index contributed by atoms with van der Waals surface area (Å²) in [6.45, 7) is 2.19. The predicted octanol–water partition coefficient (Wildman–Crippen LogP) is 5.65. The maximum absolute atomic E-state index is 11.9. The van der Waals surface area contributed by atoms with E-state index in [2.05, 4.69) is 22.9 Å². The molecule has 0 spiro atoms. The van der Waals surface area contributed by atoms with Crippen molar-refractivity contribution in [1.82, 2.24) is 0 Å². The predicted molar refractivity (Wildman–Crippen MR) is 76.9 cm³/mol. The second kappa shape index (κ2) is 7.88. The SMILES string of the molecule is CCCCCCCC(=O)c1cc(Cl)cc(Br)c1. The number of ketones is 1. The molecular formula is C14H18BrClO. The second-order valence-electron chi connectivity index (χ2n) is 4.25. The van der Waals surface area contributed by atoms with Crippen molar-refractivity contribution in [2.45, 2.75) is 45.4 Å². The first-order valence-corrected chi connectivity index (χ1v) is 7.30. The van der Waals surface area contributed by atoms with E-state index in [-0.39, 0.29) is 5.78 Å². The van der Waals surface area contributed by atoms with E-state index in [9.17, 15) is 4.79 Å². The van der Waals surface area contributed by atoms with E-state index in [1.54, 1.807) is 12.1 Å². The van der Waals surface area contributed by atoms with Crippen LogP contribution in [0.5, 0.6) is 0 Å². The molecule has 3 heteroatoms. The first kappa shape index (κ1) is 14.7. The Bertz CT molecular complexity index is 356. The Morgan fingerprint density at radius 3 is 2.53 bits per heavy atom. The van der Waals surface area contributed by atoms with Crippen LogP contribution in [0.4, 0.5) is 0 Å². The van der Waals surface area contributed by atoms with Crippen LogP contribution in [0.25, 0.3) is 0 Å². The van der Waals surface area contributed by atoms with Crippen LogP contribution in [-0.2, 0) is 0 Å². The lowest BCUT2D eigenvalue weighted by molar-refractivity contribution is 0.0979. The monoisotopic (exact) mass is 316 g/mol. The second-order valence-corrected chi connectivity index (χ2v) is 5.60. The minimum atomic E-state index is 0.185. The lowest BCUT2D eigenvalue weighted by atomic mass is 10.0. The van der Waals surface area contributed by atoms with Crippen molar-refractivity contribution in [2.75, 3.05) is 0 Å². The van der Waals surface area contributed by atoms with Crippen LogP contribution in [0.3, 0.4) is 0 Å². The van der Waals surface area contributed by atoms with E-state index in [4.69, 9.17) is 11.6 Å². The quantitative estimate of drug-likeness (QED) is 0.469. The van der Waals surface area contributed by atoms with Crippen molar-refractivity contribution in [3.63, 3.8) is 0 Å². The lowest BCUT2D eigenvalue weighted by Gasteiger charge is -2.03. The average molecular weight is 318 g/mol. The summed E-state index contributed by atoms with van der Waals surface area (Å²) in [6.07, 6.45) is 6.45. The van der Waals surface area contributed by atoms with Crippen LogP contribution in [0.15, 0.2) is 22.7 Å². The summed E-state index contributed by atoms with van der Waals surface area (Å²) in [5.41, 5.74) is 0.708. The van der Waals surface area contributed by atoms with Crippen molar-refractivity contribution in [2.24, 2.45) is 0 Å². The molecule has 1 nitrogen and oxygen atoms in total. The zero-order chi connectivity index (χ0) is 12.7. The molecule has 1 aromatic carbocycles. The molecule has 0 N–H and O–H groups in total. The standard InChI is InChI=1S/C14H18BrClO/c1-2-3-4-5-6-7-14(17)11-8-12(15)10-13(16)9-11/h8-10H,2-7H2,1H3. The molecule has 0 aliphatic heterocycles. The Morgan fingerprint density at radius 1 is 1.18 bits per heavy atom. The van der Waals surface area contributed by atoms with Gasteiger partial charge in [0.1, 0.15) is 0 Å². The van der Waals surface area contributed by atoms with Crippen molar-refractivity contribution in [1.29, 1.82) is 0 Å². The number of Topliss-reactive ketones (excluding diaryl/α,β-unsaturated/α-hetero) is 1. The van der Waals surface area contributed by atoms with Crippen LogP contribution < -0.4 is 0 Å². The molecule has 0 bridgehead atoms. The highest BCUT2D eigenvalue weighted by atomic mass is 79.9. The van der Waals surface area contributed by atoms with Gasteiger partial charge in [0.05, 0.1) is 0 Å². The highest BCUT2D eigenvalue weighted by Crippen LogP contribution is 2.21. The van der Waals surface area contributed by atoms with Gasteiger partial charge in [0.2, 0.25) is 0 Å². The van der Waals surface area contributed by atoms with Gasteiger partial charge in [-0.2, -0.15) is 0 Å². The summed E-state index contributed by atoms with van der Waals surface area (Å²) in [4.78, 5) is 11.9. The van der Waals surface area contributed by atoms with Gasteiger partial charge in [-0.05, 0) is 24.6 Å². The van der Waals surface area contributed by atoms with Gasteiger partial charge in [-0.25, -0.2) is 0 Å². The van der Waals surface area contributed by atoms with Gasteiger partial charge >= 0.3 is 0 Å². The number of carbonyl (C=O) groups is 1. The van der Waals surface area contributed by atoms with E-state index in [1.807, 2.05) is 6.07 Å². The Morgan fingerprint density at radius 2 is 1.88 bits per heavy atom. The highest BCUT2D eigenvalue weighted by molar-refractivity contribution is 9.10. The number of hydrogen-bond donors (Lipinski definition) is 0. The Balaban J connectivity index is 2.41. The fourth-order valence-electron chi connectivity index (χ4n) is 1.75. The molecule has 0 heterocycles. The maximum Gasteiger partial charge on any atom is 0.162 e. The molecule has 0 saturated carbocycles. The van der Waals surface area contributed by atoms with E-state index in [1.165, 1.54) is 19.3 Å². The van der Waals surface area contributed by atoms with Crippen molar-refractivity contribution in [3.8, 4) is 0 Å². The number of rotatable bonds is 7. The molecule has 1 rings (SSSR count). The van der Waals surface area contributed by atoms with Crippen molar-refractivity contribution in [3.05, 3.63) is 33.3 Å². The molecule has 0 atom stereocenters. The number of benzene rings is 1. The molecular weight excluding hydrogens is 300 g/mol. The minimum absolute atomic E-state index is 0.185. The van der Waals surface area contributed by atoms with Gasteiger partial charge in [0, 0.05) is 21.5 Å². The first-order valence-electron chi connectivity index (χ1n) is 6.12. The third kappa shape index (κ3) is 5.69. The van der Waals surface area contributed by atoms with E-state index in [0.29, 0.717) is 17.0 Å². The topological polar surface area (TPSA) is 17.1 Å². The number of halogens is 2. The molecule has 0 fully saturated rings. The molecule has 0 aliphatic rings. The molecule has 1 aromatic rings. The molecule has 0 aliphatic carbocycles. The normalized spacial score (nSPS) is 10.5. The lowest BCUT2D eigenvalue weighted by Crippen LogP contribution is -1.99. The number of carbonyl (C=O) groups excluding carboxylic acids is 1. The van der Waals surface area contributed by atoms with Crippen LogP contribution >= 0.6 is 27.5 Å². The zero-order valence-electron chi connectivity index (χ0n) is 10.1. The van der Waals surface area contributed by atoms with E-state index >= 15 is 0 Å². The third-order valence-electron chi connectivity index (χ3n) is 2.69. The first-order chi connectivity index (χ1) is 8.13. The summed E-state index contributed by atoms with van der Waals surface area (Å²) in [6, 6.07) is 5.36. The fourth-order valence-corrected chi connectivity index (χ4v) is 2.61. The minimum Gasteiger partial charge on any atom is -0.294 e. The highest BCUT2D eigenvalue weighted by Gasteiger charge is 2.07. The summed E-state index contributed by atoms with van der Waals surface area (Å²) >= 11 is 9.26. The average Bonchev–Trinajstić information content (AvgIpc) is 2.27. The van der Waals surface area contributed by atoms with Gasteiger partial charge in [0.25, 0.3) is 0 Å². The molecule has 0 amide bonds. The Hall–Kier alpha value is -0.340. The van der Waals surface area contributed by atoms with Gasteiger partial charge in [-0.1, -0.05) is 60.1 Å². The summed E-state index contributed by atoms with van der Waals surface area (Å²) in [5.74, 6) is 0.185. The number of unbranched alkanes of at least 4 members (excludes halogenated alkanes) is 4. The van der Waals surface area contributed by atoms with Gasteiger partial charge < -0.3 is 0 Å². The molecule has 0 aromatic heterocycles.